The minimum atomic E-state index is -0.617. The van der Waals surface area contributed by atoms with Crippen LogP contribution >= 0.6 is 0 Å². The van der Waals surface area contributed by atoms with Crippen molar-refractivity contribution in [2.75, 3.05) is 25.6 Å². The Morgan fingerprint density at radius 3 is 2.59 bits per heavy atom. The first-order valence-electron chi connectivity index (χ1n) is 9.75. The van der Waals surface area contributed by atoms with Crippen LogP contribution < -0.4 is 14.8 Å². The lowest BCUT2D eigenvalue weighted by Crippen LogP contribution is -2.21. The Morgan fingerprint density at radius 1 is 1.14 bits per heavy atom. The summed E-state index contributed by atoms with van der Waals surface area (Å²) in [7, 11) is 1.51. The van der Waals surface area contributed by atoms with E-state index in [1.165, 1.54) is 20.0 Å². The highest BCUT2D eigenvalue weighted by Gasteiger charge is 2.15. The van der Waals surface area contributed by atoms with Crippen LogP contribution in [-0.4, -0.2) is 42.4 Å². The zero-order valence-corrected chi connectivity index (χ0v) is 17.5. The highest BCUT2D eigenvalue weighted by Crippen LogP contribution is 2.28. The average molecular weight is 403 g/mol. The minimum Gasteiger partial charge on any atom is -0.493 e. The fourth-order valence-corrected chi connectivity index (χ4v) is 2.75. The summed E-state index contributed by atoms with van der Waals surface area (Å²) in [6.07, 6.45) is 4.42. The number of aromatic nitrogens is 2. The summed E-state index contributed by atoms with van der Waals surface area (Å²) >= 11 is 0. The predicted molar refractivity (Wildman–Crippen MR) is 110 cm³/mol. The summed E-state index contributed by atoms with van der Waals surface area (Å²) in [5.41, 5.74) is 2.27. The number of anilines is 1. The molecule has 8 nitrogen and oxygen atoms in total. The maximum atomic E-state index is 12.3. The monoisotopic (exact) mass is 403 g/mol. The van der Waals surface area contributed by atoms with Crippen molar-refractivity contribution in [3.05, 3.63) is 35.2 Å². The van der Waals surface area contributed by atoms with E-state index in [1.54, 1.807) is 32.0 Å². The number of aromatic amines is 1. The Morgan fingerprint density at radius 2 is 1.93 bits per heavy atom. The van der Waals surface area contributed by atoms with E-state index >= 15 is 0 Å². The third kappa shape index (κ3) is 6.51. The molecule has 1 aromatic carbocycles. The van der Waals surface area contributed by atoms with E-state index < -0.39 is 18.5 Å². The van der Waals surface area contributed by atoms with Crippen LogP contribution in [0.4, 0.5) is 5.69 Å². The number of nitrogens with one attached hydrogen (secondary N) is 2. The molecule has 0 bridgehead atoms. The first kappa shape index (κ1) is 22.3. The Hall–Kier alpha value is -3.03. The van der Waals surface area contributed by atoms with Gasteiger partial charge in [-0.25, -0.2) is 4.79 Å². The number of ether oxygens (including phenoxy) is 3. The molecule has 8 heteroatoms. The average Bonchev–Trinajstić information content (AvgIpc) is 3.03. The van der Waals surface area contributed by atoms with Gasteiger partial charge in [0.1, 0.15) is 0 Å². The van der Waals surface area contributed by atoms with Crippen LogP contribution in [0.25, 0.3) is 0 Å². The maximum Gasteiger partial charge on any atom is 0.338 e. The molecular formula is C21H29N3O5. The second kappa shape index (κ2) is 11.1. The van der Waals surface area contributed by atoms with E-state index in [4.69, 9.17) is 14.2 Å². The number of carbonyl (C=O) groups excluding carboxylic acids is 2. The van der Waals surface area contributed by atoms with Crippen molar-refractivity contribution in [2.45, 2.75) is 46.5 Å². The largest absolute Gasteiger partial charge is 0.493 e. The summed E-state index contributed by atoms with van der Waals surface area (Å²) in [4.78, 5) is 24.3. The number of hydrogen-bond donors (Lipinski definition) is 2. The van der Waals surface area contributed by atoms with Gasteiger partial charge in [0.05, 0.1) is 36.4 Å². The van der Waals surface area contributed by atoms with Gasteiger partial charge in [-0.3, -0.25) is 9.89 Å². The molecule has 158 valence electrons. The van der Waals surface area contributed by atoms with E-state index in [2.05, 4.69) is 22.4 Å². The van der Waals surface area contributed by atoms with Crippen molar-refractivity contribution < 1.29 is 23.8 Å². The smallest absolute Gasteiger partial charge is 0.338 e. The molecule has 0 fully saturated rings. The van der Waals surface area contributed by atoms with E-state index in [1.807, 2.05) is 0 Å². The number of aryl methyl sites for hydroxylation is 2. The van der Waals surface area contributed by atoms with Crippen molar-refractivity contribution in [3.8, 4) is 11.5 Å². The van der Waals surface area contributed by atoms with E-state index in [0.717, 1.165) is 18.5 Å². The fourth-order valence-electron chi connectivity index (χ4n) is 2.75. The van der Waals surface area contributed by atoms with Crippen LogP contribution in [-0.2, 0) is 9.53 Å². The molecule has 0 spiro atoms. The number of esters is 1. The van der Waals surface area contributed by atoms with Gasteiger partial charge in [-0.2, -0.15) is 5.10 Å². The molecule has 0 unspecified atom stereocenters. The van der Waals surface area contributed by atoms with Gasteiger partial charge in [-0.1, -0.05) is 26.2 Å². The molecule has 0 aliphatic rings. The van der Waals surface area contributed by atoms with Gasteiger partial charge < -0.3 is 19.5 Å². The second-order valence-electron chi connectivity index (χ2n) is 6.71. The number of benzene rings is 1. The Kier molecular flexibility index (Phi) is 8.51. The van der Waals surface area contributed by atoms with Crippen LogP contribution in [0.3, 0.4) is 0 Å². The molecule has 29 heavy (non-hydrogen) atoms. The number of H-pyrrole nitrogens is 1. The Bertz CT molecular complexity index is 812. The summed E-state index contributed by atoms with van der Waals surface area (Å²) in [5, 5.41) is 9.46. The molecule has 1 heterocycles. The lowest BCUT2D eigenvalue weighted by atomic mass is 10.2. The van der Waals surface area contributed by atoms with E-state index in [9.17, 15) is 9.59 Å². The number of hydrogen-bond acceptors (Lipinski definition) is 6. The molecule has 1 amide bonds. The van der Waals surface area contributed by atoms with E-state index in [0.29, 0.717) is 29.5 Å². The van der Waals surface area contributed by atoms with Crippen LogP contribution in [0.2, 0.25) is 0 Å². The molecule has 2 N–H and O–H groups in total. The lowest BCUT2D eigenvalue weighted by molar-refractivity contribution is -0.119. The summed E-state index contributed by atoms with van der Waals surface area (Å²) in [6, 6.07) is 4.81. The second-order valence-corrected chi connectivity index (χ2v) is 6.71. The fraction of sp³-hybridized carbons (Fsp3) is 0.476. The Balaban J connectivity index is 1.88. The van der Waals surface area contributed by atoms with Crippen molar-refractivity contribution in [3.63, 3.8) is 0 Å². The maximum absolute atomic E-state index is 12.3. The summed E-state index contributed by atoms with van der Waals surface area (Å²) in [5.74, 6) is -0.0354. The third-order valence-electron chi connectivity index (χ3n) is 4.38. The van der Waals surface area contributed by atoms with Crippen LogP contribution in [0.5, 0.6) is 11.5 Å². The molecule has 0 aliphatic carbocycles. The number of unbranched alkanes of at least 4 members (excludes halogenated alkanes) is 3. The van der Waals surface area contributed by atoms with Crippen molar-refractivity contribution in [1.82, 2.24) is 10.2 Å². The molecule has 0 atom stereocenters. The molecule has 0 saturated heterocycles. The van der Waals surface area contributed by atoms with E-state index in [-0.39, 0.29) is 5.56 Å². The highest BCUT2D eigenvalue weighted by atomic mass is 16.5. The quantitative estimate of drug-likeness (QED) is 0.437. The van der Waals surface area contributed by atoms with Gasteiger partial charge in [0.25, 0.3) is 5.91 Å². The van der Waals surface area contributed by atoms with Gasteiger partial charge in [-0.05, 0) is 38.5 Å². The molecule has 1 aromatic heterocycles. The molecule has 2 rings (SSSR count). The van der Waals surface area contributed by atoms with Crippen molar-refractivity contribution in [2.24, 2.45) is 0 Å². The zero-order chi connectivity index (χ0) is 21.2. The predicted octanol–water partition coefficient (Wildman–Crippen LogP) is 3.79. The first-order chi connectivity index (χ1) is 14.0. The zero-order valence-electron chi connectivity index (χ0n) is 17.5. The standard InChI is InChI=1S/C21H29N3O5/c1-5-6-7-8-11-28-17-10-9-16(12-18(17)27-4)21(26)29-13-19(25)22-20-14(2)23-24-15(20)3/h9-10,12H,5-8,11,13H2,1-4H3,(H,22,25)(H,23,24). The van der Waals surface area contributed by atoms with Gasteiger partial charge in [0.15, 0.2) is 18.1 Å². The molecule has 0 aliphatic heterocycles. The van der Waals surface area contributed by atoms with Gasteiger partial charge in [-0.15, -0.1) is 0 Å². The van der Waals surface area contributed by atoms with Gasteiger partial charge in [0.2, 0.25) is 0 Å². The van der Waals surface area contributed by atoms with Crippen LogP contribution in [0.1, 0.15) is 54.4 Å². The molecule has 2 aromatic rings. The molecule has 0 saturated carbocycles. The summed E-state index contributed by atoms with van der Waals surface area (Å²) < 4.78 is 16.2. The Labute approximate surface area is 170 Å². The van der Waals surface area contributed by atoms with Crippen molar-refractivity contribution >= 4 is 17.6 Å². The van der Waals surface area contributed by atoms with Crippen LogP contribution in [0, 0.1) is 13.8 Å². The SMILES string of the molecule is CCCCCCOc1ccc(C(=O)OCC(=O)Nc2c(C)n[nH]c2C)cc1OC. The van der Waals surface area contributed by atoms with Crippen LogP contribution in [0.15, 0.2) is 18.2 Å². The number of carbonyl (C=O) groups is 2. The number of amides is 1. The first-order valence-corrected chi connectivity index (χ1v) is 9.75. The molecule has 0 radical (unpaired) electrons. The van der Waals surface area contributed by atoms with Crippen molar-refractivity contribution in [1.29, 1.82) is 0 Å². The topological polar surface area (TPSA) is 103 Å². The van der Waals surface area contributed by atoms with Gasteiger partial charge in [0, 0.05) is 0 Å². The minimum absolute atomic E-state index is 0.281. The third-order valence-corrected chi connectivity index (χ3v) is 4.38. The highest BCUT2D eigenvalue weighted by molar-refractivity contribution is 5.96. The summed E-state index contributed by atoms with van der Waals surface area (Å²) in [6.45, 7) is 5.91. The lowest BCUT2D eigenvalue weighted by Gasteiger charge is -2.12. The molecular weight excluding hydrogens is 374 g/mol. The number of methoxy groups -OCH3 is 1. The number of nitrogens with zero attached hydrogens (tertiary/aromatic N) is 1. The number of rotatable bonds is 11. The normalized spacial score (nSPS) is 10.5. The van der Waals surface area contributed by atoms with Gasteiger partial charge >= 0.3 is 5.97 Å².